The molecule has 0 heterocycles. The van der Waals surface area contributed by atoms with Crippen molar-refractivity contribution < 1.29 is 235 Å². The summed E-state index contributed by atoms with van der Waals surface area (Å²) in [6.45, 7) is 2.27. The van der Waals surface area contributed by atoms with Gasteiger partial charge < -0.3 is 29.1 Å². The first kappa shape index (κ1) is 48.2. The maximum Gasteiger partial charge on any atom is 1.00 e. The van der Waals surface area contributed by atoms with E-state index in [1.54, 1.807) is 0 Å². The summed E-state index contributed by atoms with van der Waals surface area (Å²) < 4.78 is 8.55. The van der Waals surface area contributed by atoms with E-state index in [9.17, 15) is 9.90 Å². The van der Waals surface area contributed by atoms with Crippen LogP contribution >= 0.6 is 7.82 Å². The monoisotopic (exact) mass is 534 g/mol. The Morgan fingerprint density at radius 3 is 1.00 bits per heavy atom. The molecule has 0 rings (SSSR count). The fourth-order valence-corrected chi connectivity index (χ4v) is 2.64. The van der Waals surface area contributed by atoms with Crippen molar-refractivity contribution in [3.05, 3.63) is 0 Å². The summed E-state index contributed by atoms with van der Waals surface area (Å²) in [6.07, 6.45) is 19.9. The van der Waals surface area contributed by atoms with Crippen LogP contribution in [0.15, 0.2) is 0 Å². The van der Waals surface area contributed by atoms with Gasteiger partial charge in [-0.2, -0.15) is 7.82 Å². The second-order valence-electron chi connectivity index (χ2n) is 6.52. The van der Waals surface area contributed by atoms with Gasteiger partial charge in [0, 0.05) is 5.97 Å². The molecule has 0 aromatic rings. The third kappa shape index (κ3) is 65.9. The zero-order chi connectivity index (χ0) is 19.4. The summed E-state index contributed by atoms with van der Waals surface area (Å²) in [7, 11) is -5.39. The van der Waals surface area contributed by atoms with Crippen LogP contribution in [0.4, 0.5) is 0 Å². The molecule has 0 amide bonds. The van der Waals surface area contributed by atoms with Gasteiger partial charge in [0.1, 0.15) is 0 Å². The Bertz CT molecular complexity index is 338. The molecule has 0 aromatic heterocycles. The maximum absolute atomic E-state index is 10.2. The van der Waals surface area contributed by atoms with Crippen LogP contribution in [0.1, 0.15) is 110 Å². The van der Waals surface area contributed by atoms with Crippen molar-refractivity contribution in [2.45, 2.75) is 110 Å². The molecule has 11 heteroatoms. The molecule has 0 aliphatic heterocycles. The second-order valence-corrected chi connectivity index (χ2v) is 7.41. The van der Waals surface area contributed by atoms with Gasteiger partial charge in [0.05, 0.1) is 0 Å². The van der Waals surface area contributed by atoms with E-state index < -0.39 is 13.8 Å². The normalized spacial score (nSPS) is 9.52. The number of hydrogen-bond acceptors (Lipinski definition) is 6. The van der Waals surface area contributed by atoms with Gasteiger partial charge in [0.25, 0.3) is 0 Å². The van der Waals surface area contributed by atoms with Crippen molar-refractivity contribution >= 4 is 13.8 Å². The Morgan fingerprint density at radius 2 is 0.793 bits per heavy atom. The summed E-state index contributed by atoms with van der Waals surface area (Å²) >= 11 is 0. The van der Waals surface area contributed by atoms with Gasteiger partial charge in [-0.05, 0) is 12.8 Å². The van der Waals surface area contributed by atoms with Gasteiger partial charge in [-0.1, -0.05) is 96.8 Å². The fraction of sp³-hybridized carbons (Fsp3) is 0.944. The molecule has 152 valence electrons. The fourth-order valence-electron chi connectivity index (χ4n) is 2.64. The second kappa shape index (κ2) is 38.7. The van der Waals surface area contributed by atoms with Crippen molar-refractivity contribution in [1.82, 2.24) is 0 Å². The summed E-state index contributed by atoms with van der Waals surface area (Å²) in [5, 5.41) is 10.2. The van der Waals surface area contributed by atoms with Gasteiger partial charge in [-0.25, -0.2) is 0 Å². The number of aliphatic carboxylic acids is 1. The SMILES string of the molecule is CCCCCCCCCCCCCCCCCC(=O)[O-].O=P([O-])([O-])[O-].[K+].[K+].[K+].[K+]. The Morgan fingerprint density at radius 1 is 0.586 bits per heavy atom. The third-order valence-electron chi connectivity index (χ3n) is 3.98. The zero-order valence-corrected chi connectivity index (χ0v) is 33.1. The number of phosphoric acid groups is 1. The number of carboxylic acid groups (broad SMARTS) is 1. The Balaban J connectivity index is -0.000000131. The van der Waals surface area contributed by atoms with Crippen molar-refractivity contribution in [1.29, 1.82) is 0 Å². The standard InChI is InChI=1S/C18H36O2.4K.H3O4P/c1-2-3-4-5-6-7-8-9-10-11-12-13-14-15-16-17-18(19)20;;;;;1-5(2,3)4/h2-17H2,1H3,(H,19,20);;;;;(H3,1,2,3,4)/q;4*+1;/p-4. The van der Waals surface area contributed by atoms with Crippen molar-refractivity contribution in [3.8, 4) is 0 Å². The number of carboxylic acids is 1. The minimum absolute atomic E-state index is 0. The molecule has 0 fully saturated rings. The number of carbonyl (C=O) groups excluding carboxylic acids is 1. The van der Waals surface area contributed by atoms with Crippen molar-refractivity contribution in [3.63, 3.8) is 0 Å². The molecule has 0 aromatic carbocycles. The number of carbonyl (C=O) groups is 1. The molecule has 0 atom stereocenters. The average Bonchev–Trinajstić information content (AvgIpc) is 2.49. The van der Waals surface area contributed by atoms with Crippen LogP contribution in [-0.2, 0) is 9.36 Å². The van der Waals surface area contributed by atoms with E-state index >= 15 is 0 Å². The van der Waals surface area contributed by atoms with Crippen molar-refractivity contribution in [2.75, 3.05) is 0 Å². The van der Waals surface area contributed by atoms with Crippen LogP contribution in [0.2, 0.25) is 0 Å². The Kier molecular flexibility index (Phi) is 64.3. The van der Waals surface area contributed by atoms with Crippen LogP contribution in [0, 0.1) is 0 Å². The topological polar surface area (TPSA) is 126 Å². The summed E-state index contributed by atoms with van der Waals surface area (Å²) in [6, 6.07) is 0. The van der Waals surface area contributed by atoms with Crippen LogP contribution in [0.25, 0.3) is 0 Å². The maximum atomic E-state index is 10.2. The van der Waals surface area contributed by atoms with E-state index in [0.717, 1.165) is 12.8 Å². The van der Waals surface area contributed by atoms with E-state index in [1.165, 1.54) is 83.5 Å². The van der Waals surface area contributed by atoms with E-state index in [4.69, 9.17) is 19.2 Å². The number of hydrogen-bond donors (Lipinski definition) is 0. The molecule has 0 saturated heterocycles. The first-order valence-corrected chi connectivity index (χ1v) is 11.2. The van der Waals surface area contributed by atoms with Crippen LogP contribution < -0.4 is 225 Å². The van der Waals surface area contributed by atoms with E-state index in [2.05, 4.69) is 6.92 Å². The van der Waals surface area contributed by atoms with Gasteiger partial charge in [-0.3, -0.25) is 0 Å². The summed E-state index contributed by atoms with van der Waals surface area (Å²) in [5.41, 5.74) is 0. The number of unbranched alkanes of at least 4 members (excludes halogenated alkanes) is 14. The Hall–Kier alpha value is 6.13. The largest absolute Gasteiger partial charge is 1.00 e. The molecule has 0 unspecified atom stereocenters. The molecule has 0 aliphatic carbocycles. The summed E-state index contributed by atoms with van der Waals surface area (Å²) in [4.78, 5) is 35.9. The Labute approximate surface area is 349 Å². The quantitative estimate of drug-likeness (QED) is 0.110. The molecule has 0 spiro atoms. The molecule has 29 heavy (non-hydrogen) atoms. The van der Waals surface area contributed by atoms with Crippen molar-refractivity contribution in [2.24, 2.45) is 0 Å². The van der Waals surface area contributed by atoms with Gasteiger partial charge in [-0.15, -0.1) is 0 Å². The van der Waals surface area contributed by atoms with Crippen LogP contribution in [0.5, 0.6) is 0 Å². The minimum atomic E-state index is -5.39. The van der Waals surface area contributed by atoms with E-state index in [0.29, 0.717) is 0 Å². The van der Waals surface area contributed by atoms with Crippen LogP contribution in [0.3, 0.4) is 0 Å². The van der Waals surface area contributed by atoms with Gasteiger partial charge in [0.2, 0.25) is 0 Å². The van der Waals surface area contributed by atoms with Gasteiger partial charge in [0.15, 0.2) is 0 Å². The first-order chi connectivity index (χ1) is 11.8. The first-order valence-electron chi connectivity index (χ1n) is 9.70. The van der Waals surface area contributed by atoms with E-state index in [-0.39, 0.29) is 212 Å². The molecule has 0 saturated carbocycles. The van der Waals surface area contributed by atoms with E-state index in [1.807, 2.05) is 0 Å². The molecule has 0 radical (unpaired) electrons. The minimum Gasteiger partial charge on any atom is -0.822 e. The summed E-state index contributed by atoms with van der Waals surface area (Å²) in [5.74, 6) is -0.903. The van der Waals surface area contributed by atoms with Gasteiger partial charge >= 0.3 is 206 Å². The smallest absolute Gasteiger partial charge is 0.822 e. The molecular weight excluding hydrogens is 500 g/mol. The molecular formula is C18H35K4O6P. The predicted molar refractivity (Wildman–Crippen MR) is 92.2 cm³/mol. The third-order valence-corrected chi connectivity index (χ3v) is 3.98. The predicted octanol–water partition coefficient (Wildman–Crippen LogP) is -9.81. The molecule has 0 bridgehead atoms. The average molecular weight is 535 g/mol. The number of rotatable bonds is 16. The molecule has 0 aliphatic rings. The van der Waals surface area contributed by atoms with Crippen LogP contribution in [-0.4, -0.2) is 5.97 Å². The zero-order valence-electron chi connectivity index (χ0n) is 19.7. The molecule has 6 nitrogen and oxygen atoms in total. The molecule has 0 N–H and O–H groups in total.